The van der Waals surface area contributed by atoms with Crippen molar-refractivity contribution in [3.8, 4) is 0 Å². The van der Waals surface area contributed by atoms with Gasteiger partial charge in [0, 0.05) is 0 Å². The largest absolute Gasteiger partial charge is 2.00 e. The molecule has 32 valence electrons. The molecule has 0 atom stereocenters. The van der Waals surface area contributed by atoms with Crippen LogP contribution in [0.5, 0.6) is 0 Å². The quantitative estimate of drug-likeness (QED) is 0.435. The third-order valence-electron chi connectivity index (χ3n) is 0. The van der Waals surface area contributed by atoms with Gasteiger partial charge in [-0.25, -0.2) is 0 Å². The molecule has 0 spiro atoms. The van der Waals surface area contributed by atoms with Crippen molar-refractivity contribution in [3.05, 3.63) is 29.7 Å². The SMILES string of the molecule is [CH3-].[CH3-].[CH3-].[CH3-].[Sr+2].[Sr+2]. The summed E-state index contributed by atoms with van der Waals surface area (Å²) >= 11 is 0. The molecule has 0 aliphatic heterocycles. The molecule has 0 saturated carbocycles. The minimum atomic E-state index is 0. The summed E-state index contributed by atoms with van der Waals surface area (Å²) in [5.74, 6) is 0. The Labute approximate surface area is 118 Å². The normalized spacial score (nSPS) is 0. The van der Waals surface area contributed by atoms with E-state index in [9.17, 15) is 0 Å². The topological polar surface area (TPSA) is 0 Å². The van der Waals surface area contributed by atoms with Crippen molar-refractivity contribution in [2.24, 2.45) is 0 Å². The number of rotatable bonds is 0. The van der Waals surface area contributed by atoms with E-state index in [0.717, 1.165) is 0 Å². The summed E-state index contributed by atoms with van der Waals surface area (Å²) in [4.78, 5) is 0. The molecule has 2 heteroatoms. The minimum absolute atomic E-state index is 0. The van der Waals surface area contributed by atoms with Crippen molar-refractivity contribution in [2.75, 3.05) is 0 Å². The van der Waals surface area contributed by atoms with Gasteiger partial charge in [-0.3, -0.25) is 0 Å². The van der Waals surface area contributed by atoms with Crippen molar-refractivity contribution in [2.45, 2.75) is 0 Å². The van der Waals surface area contributed by atoms with Crippen molar-refractivity contribution in [1.29, 1.82) is 0 Å². The van der Waals surface area contributed by atoms with Crippen LogP contribution in [0.3, 0.4) is 0 Å². The second kappa shape index (κ2) is 44.0. The van der Waals surface area contributed by atoms with E-state index in [2.05, 4.69) is 0 Å². The van der Waals surface area contributed by atoms with Gasteiger partial charge in [0.2, 0.25) is 0 Å². The molecule has 0 aromatic rings. The van der Waals surface area contributed by atoms with Crippen LogP contribution in [0, 0.1) is 29.7 Å². The van der Waals surface area contributed by atoms with E-state index in [4.69, 9.17) is 0 Å². The van der Waals surface area contributed by atoms with Crippen molar-refractivity contribution < 1.29 is 0 Å². The molecule has 0 bridgehead atoms. The van der Waals surface area contributed by atoms with Gasteiger partial charge in [-0.05, 0) is 0 Å². The van der Waals surface area contributed by atoms with E-state index >= 15 is 0 Å². The minimum Gasteiger partial charge on any atom is -0.358 e. The van der Waals surface area contributed by atoms with Crippen LogP contribution in [0.1, 0.15) is 0 Å². The Balaban J connectivity index is 0. The average Bonchev–Trinajstić information content (AvgIpc) is 0. The van der Waals surface area contributed by atoms with Gasteiger partial charge in [0.25, 0.3) is 0 Å². The monoisotopic (exact) mass is 236 g/mol. The Kier molecular flexibility index (Phi) is 475. The van der Waals surface area contributed by atoms with E-state index < -0.39 is 0 Å². The molecule has 0 rings (SSSR count). The van der Waals surface area contributed by atoms with Gasteiger partial charge in [-0.1, -0.05) is 0 Å². The molecule has 6 heavy (non-hydrogen) atoms. The van der Waals surface area contributed by atoms with Crippen molar-refractivity contribution >= 4 is 91.0 Å². The molecule has 0 heterocycles. The van der Waals surface area contributed by atoms with Gasteiger partial charge in [-0.2, -0.15) is 0 Å². The van der Waals surface area contributed by atoms with Gasteiger partial charge in [0.05, 0.1) is 0 Å². The zero-order chi connectivity index (χ0) is 0. The molecular formula is C4H12Sr2. The summed E-state index contributed by atoms with van der Waals surface area (Å²) in [5.41, 5.74) is 0. The predicted octanol–water partition coefficient (Wildman–Crippen LogP) is 1.04. The smallest absolute Gasteiger partial charge is 0.358 e. The fraction of sp³-hybridized carbons (Fsp3) is 0. The fourth-order valence-electron chi connectivity index (χ4n) is 0. The molecule has 0 aromatic carbocycles. The van der Waals surface area contributed by atoms with Crippen LogP contribution < -0.4 is 0 Å². The van der Waals surface area contributed by atoms with E-state index in [1.54, 1.807) is 0 Å². The zero-order valence-corrected chi connectivity index (χ0v) is 12.4. The summed E-state index contributed by atoms with van der Waals surface area (Å²) in [5, 5.41) is 0. The Morgan fingerprint density at radius 1 is 0.333 bits per heavy atom. The maximum atomic E-state index is 0. The maximum absolute atomic E-state index is 0. The van der Waals surface area contributed by atoms with Crippen LogP contribution in [-0.2, 0) is 0 Å². The third-order valence-corrected chi connectivity index (χ3v) is 0. The van der Waals surface area contributed by atoms with Crippen LogP contribution in [0.25, 0.3) is 0 Å². The molecule has 0 unspecified atom stereocenters. The van der Waals surface area contributed by atoms with E-state index in [1.165, 1.54) is 0 Å². The maximum Gasteiger partial charge on any atom is 2.00 e. The summed E-state index contributed by atoms with van der Waals surface area (Å²) < 4.78 is 0. The zero-order valence-electron chi connectivity index (χ0n) is 5.41. The van der Waals surface area contributed by atoms with Crippen molar-refractivity contribution in [1.82, 2.24) is 0 Å². The predicted molar refractivity (Wildman–Crippen MR) is 37.2 cm³/mol. The van der Waals surface area contributed by atoms with Crippen LogP contribution in [0.2, 0.25) is 0 Å². The van der Waals surface area contributed by atoms with E-state index in [-0.39, 0.29) is 121 Å². The van der Waals surface area contributed by atoms with Crippen LogP contribution in [0.4, 0.5) is 0 Å². The molecular weight excluding hydrogens is 223 g/mol. The van der Waals surface area contributed by atoms with Crippen LogP contribution in [0.15, 0.2) is 0 Å². The van der Waals surface area contributed by atoms with Gasteiger partial charge < -0.3 is 29.7 Å². The molecule has 0 saturated heterocycles. The first-order chi connectivity index (χ1) is 0. The molecule has 0 radical (unpaired) electrons. The molecule has 0 N–H and O–H groups in total. The molecule has 0 amide bonds. The van der Waals surface area contributed by atoms with Gasteiger partial charge in [0.15, 0.2) is 0 Å². The molecule has 0 nitrogen and oxygen atoms in total. The Morgan fingerprint density at radius 3 is 0.333 bits per heavy atom. The standard InChI is InChI=1S/4CH3.2Sr/h4*1H3;;/q4*-1;2*+2. The third kappa shape index (κ3) is 28.2. The molecule has 0 aromatic heterocycles. The number of hydrogen-bond acceptors (Lipinski definition) is 0. The summed E-state index contributed by atoms with van der Waals surface area (Å²) in [6.45, 7) is 0. The fourth-order valence-corrected chi connectivity index (χ4v) is 0. The Hall–Kier alpha value is 2.96. The van der Waals surface area contributed by atoms with Crippen LogP contribution in [-0.4, -0.2) is 91.0 Å². The average molecular weight is 235 g/mol. The number of hydrogen-bond donors (Lipinski definition) is 0. The second-order valence-electron chi connectivity index (χ2n) is 0. The Morgan fingerprint density at radius 2 is 0.333 bits per heavy atom. The van der Waals surface area contributed by atoms with Gasteiger partial charge in [-0.15, -0.1) is 0 Å². The van der Waals surface area contributed by atoms with Gasteiger partial charge in [0.1, 0.15) is 0 Å². The first kappa shape index (κ1) is 64.8. The second-order valence-corrected chi connectivity index (χ2v) is 0. The van der Waals surface area contributed by atoms with E-state index in [1.807, 2.05) is 0 Å². The molecule has 0 fully saturated rings. The van der Waals surface area contributed by atoms with E-state index in [0.29, 0.717) is 0 Å². The molecule has 0 aliphatic rings. The first-order valence-corrected chi connectivity index (χ1v) is 0. The summed E-state index contributed by atoms with van der Waals surface area (Å²) in [7, 11) is 0. The Bertz CT molecular complexity index is 5.51. The molecule has 0 aliphatic carbocycles. The van der Waals surface area contributed by atoms with Gasteiger partial charge >= 0.3 is 91.0 Å². The first-order valence-electron chi connectivity index (χ1n) is 0. The van der Waals surface area contributed by atoms with Crippen molar-refractivity contribution in [3.63, 3.8) is 0 Å². The summed E-state index contributed by atoms with van der Waals surface area (Å²) in [6, 6.07) is 0. The van der Waals surface area contributed by atoms with Crippen LogP contribution >= 0.6 is 0 Å². The summed E-state index contributed by atoms with van der Waals surface area (Å²) in [6.07, 6.45) is 0.